The summed E-state index contributed by atoms with van der Waals surface area (Å²) in [4.78, 5) is 2.41. The topological polar surface area (TPSA) is 80.3 Å². The molecule has 0 aliphatic carbocycles. The van der Waals surface area contributed by atoms with Gasteiger partial charge >= 0.3 is 0 Å². The highest BCUT2D eigenvalue weighted by molar-refractivity contribution is 5.72. The number of nitrogens with zero attached hydrogens (tertiary/aromatic N) is 3. The zero-order valence-corrected chi connectivity index (χ0v) is 21.0. The molecule has 0 spiro atoms. The number of allylic oxidation sites excluding steroid dienone is 6. The van der Waals surface area contributed by atoms with Crippen molar-refractivity contribution in [1.29, 1.82) is 10.5 Å². The van der Waals surface area contributed by atoms with Crippen LogP contribution in [0.15, 0.2) is 53.0 Å². The molecule has 1 aromatic carbocycles. The lowest BCUT2D eigenvalue weighted by molar-refractivity contribution is 0.0446. The number of hydrogen-bond acceptors (Lipinski definition) is 5. The van der Waals surface area contributed by atoms with Crippen LogP contribution in [0.3, 0.4) is 0 Å². The predicted molar refractivity (Wildman–Crippen MR) is 134 cm³/mol. The molecule has 3 heterocycles. The molecule has 0 bridgehead atoms. The van der Waals surface area contributed by atoms with Crippen LogP contribution in [0.1, 0.15) is 71.1 Å². The molecule has 0 saturated carbocycles. The van der Waals surface area contributed by atoms with Gasteiger partial charge in [-0.25, -0.2) is 0 Å². The van der Waals surface area contributed by atoms with E-state index in [2.05, 4.69) is 30.9 Å². The Bertz CT molecular complexity index is 1180. The number of aliphatic hydroxyl groups is 1. The van der Waals surface area contributed by atoms with E-state index < -0.39 is 5.60 Å². The SMILES string of the molecule is CC(C)(C)C1=CC(=C(C#N)C#N)C=C(/C=C/c2cc3c4c(c2)[C@](C)(O)CCN4CCC3(C)C)O1. The van der Waals surface area contributed by atoms with Gasteiger partial charge in [0.05, 0.1) is 5.60 Å². The lowest BCUT2D eigenvalue weighted by atomic mass is 9.72. The first-order valence-electron chi connectivity index (χ1n) is 11.9. The van der Waals surface area contributed by atoms with Crippen molar-refractivity contribution in [2.45, 2.75) is 65.4 Å². The van der Waals surface area contributed by atoms with Gasteiger partial charge < -0.3 is 14.7 Å². The third-order valence-electron chi connectivity index (χ3n) is 7.14. The summed E-state index contributed by atoms with van der Waals surface area (Å²) in [5.41, 5.74) is 3.92. The van der Waals surface area contributed by atoms with Crippen LogP contribution in [0.25, 0.3) is 6.08 Å². The van der Waals surface area contributed by atoms with Crippen molar-refractivity contribution in [3.8, 4) is 12.1 Å². The minimum atomic E-state index is -0.870. The molecular weight excluding hydrogens is 422 g/mol. The highest BCUT2D eigenvalue weighted by Gasteiger charge is 2.41. The van der Waals surface area contributed by atoms with E-state index in [1.807, 2.05) is 52.0 Å². The van der Waals surface area contributed by atoms with Crippen molar-refractivity contribution in [3.63, 3.8) is 0 Å². The highest BCUT2D eigenvalue weighted by atomic mass is 16.5. The quantitative estimate of drug-likeness (QED) is 0.554. The van der Waals surface area contributed by atoms with Gasteiger partial charge in [-0.3, -0.25) is 0 Å². The van der Waals surface area contributed by atoms with Gasteiger partial charge in [0, 0.05) is 35.3 Å². The van der Waals surface area contributed by atoms with Crippen LogP contribution in [0.5, 0.6) is 0 Å². The fourth-order valence-electron chi connectivity index (χ4n) is 4.84. The largest absolute Gasteiger partial charge is 0.461 e. The molecule has 0 unspecified atom stereocenters. The minimum Gasteiger partial charge on any atom is -0.461 e. The Morgan fingerprint density at radius 2 is 1.68 bits per heavy atom. The maximum absolute atomic E-state index is 11.2. The summed E-state index contributed by atoms with van der Waals surface area (Å²) < 4.78 is 6.15. The number of rotatable bonds is 2. The monoisotopic (exact) mass is 455 g/mol. The second kappa shape index (κ2) is 8.19. The van der Waals surface area contributed by atoms with Crippen molar-refractivity contribution in [3.05, 3.63) is 69.7 Å². The lowest BCUT2D eigenvalue weighted by Crippen LogP contribution is -2.45. The van der Waals surface area contributed by atoms with E-state index in [0.717, 1.165) is 30.6 Å². The average molecular weight is 456 g/mol. The number of nitriles is 2. The Morgan fingerprint density at radius 1 is 1.03 bits per heavy atom. The summed E-state index contributed by atoms with van der Waals surface area (Å²) in [7, 11) is 0. The Hall–Kier alpha value is -3.28. The van der Waals surface area contributed by atoms with Crippen LogP contribution in [0.4, 0.5) is 5.69 Å². The Kier molecular flexibility index (Phi) is 5.75. The van der Waals surface area contributed by atoms with Gasteiger partial charge in [0.15, 0.2) is 0 Å². The lowest BCUT2D eigenvalue weighted by Gasteiger charge is -2.47. The summed E-state index contributed by atoms with van der Waals surface area (Å²) in [5.74, 6) is 1.28. The smallest absolute Gasteiger partial charge is 0.137 e. The van der Waals surface area contributed by atoms with E-state index >= 15 is 0 Å². The molecule has 3 aliphatic rings. The maximum atomic E-state index is 11.2. The number of ether oxygens (including phenoxy) is 1. The number of anilines is 1. The van der Waals surface area contributed by atoms with Gasteiger partial charge in [-0.05, 0) is 66.7 Å². The molecule has 0 radical (unpaired) electrons. The molecular formula is C29H33N3O2. The number of benzene rings is 1. The first-order chi connectivity index (χ1) is 15.9. The molecule has 4 rings (SSSR count). The molecule has 0 saturated heterocycles. The molecule has 3 aliphatic heterocycles. The van der Waals surface area contributed by atoms with Crippen LogP contribution in [0, 0.1) is 28.1 Å². The van der Waals surface area contributed by atoms with E-state index in [0.29, 0.717) is 23.5 Å². The van der Waals surface area contributed by atoms with E-state index in [-0.39, 0.29) is 16.4 Å². The molecule has 1 aromatic rings. The second-order valence-electron chi connectivity index (χ2n) is 11.4. The zero-order valence-electron chi connectivity index (χ0n) is 21.0. The van der Waals surface area contributed by atoms with Gasteiger partial charge in [-0.15, -0.1) is 0 Å². The molecule has 0 fully saturated rings. The van der Waals surface area contributed by atoms with Crippen LogP contribution in [0.2, 0.25) is 0 Å². The Balaban J connectivity index is 1.79. The first kappa shape index (κ1) is 23.9. The van der Waals surface area contributed by atoms with Crippen molar-refractivity contribution >= 4 is 11.8 Å². The van der Waals surface area contributed by atoms with Gasteiger partial charge in [0.2, 0.25) is 0 Å². The van der Waals surface area contributed by atoms with E-state index in [9.17, 15) is 15.6 Å². The molecule has 1 N–H and O–H groups in total. The van der Waals surface area contributed by atoms with Gasteiger partial charge in [0.25, 0.3) is 0 Å². The van der Waals surface area contributed by atoms with Crippen molar-refractivity contribution in [2.24, 2.45) is 5.41 Å². The molecule has 1 atom stereocenters. The van der Waals surface area contributed by atoms with Crippen LogP contribution in [-0.2, 0) is 15.8 Å². The van der Waals surface area contributed by atoms with Crippen LogP contribution >= 0.6 is 0 Å². The van der Waals surface area contributed by atoms with Gasteiger partial charge in [0.1, 0.15) is 29.2 Å². The molecule has 34 heavy (non-hydrogen) atoms. The minimum absolute atomic E-state index is 0.0189. The molecule has 0 aromatic heterocycles. The summed E-state index contributed by atoms with van der Waals surface area (Å²) in [5, 5.41) is 30.0. The van der Waals surface area contributed by atoms with Crippen molar-refractivity contribution in [1.82, 2.24) is 0 Å². The Morgan fingerprint density at radius 3 is 2.32 bits per heavy atom. The first-order valence-corrected chi connectivity index (χ1v) is 11.9. The average Bonchev–Trinajstić information content (AvgIpc) is 2.76. The van der Waals surface area contributed by atoms with Crippen LogP contribution < -0.4 is 4.90 Å². The molecule has 176 valence electrons. The van der Waals surface area contributed by atoms with Crippen molar-refractivity contribution < 1.29 is 9.84 Å². The standard InChI is InChI=1S/C29H33N3O2/c1-27(2,3)25-16-20(21(17-30)18-31)15-22(34-25)8-7-19-13-23-26-24(14-19)29(6,33)10-12-32(26)11-9-28(23,4)5/h7-8,13-16,33H,9-12H2,1-6H3/b8-7+/t29-/m1/s1. The van der Waals surface area contributed by atoms with Gasteiger partial charge in [-0.1, -0.05) is 40.7 Å². The Labute approximate surface area is 203 Å². The van der Waals surface area contributed by atoms with Crippen LogP contribution in [-0.4, -0.2) is 18.2 Å². The number of hydrogen-bond donors (Lipinski definition) is 1. The van der Waals surface area contributed by atoms with E-state index in [4.69, 9.17) is 4.74 Å². The van der Waals surface area contributed by atoms with Gasteiger partial charge in [-0.2, -0.15) is 10.5 Å². The predicted octanol–water partition coefficient (Wildman–Crippen LogP) is 5.99. The third kappa shape index (κ3) is 4.29. The van der Waals surface area contributed by atoms with Crippen molar-refractivity contribution in [2.75, 3.05) is 18.0 Å². The molecule has 5 nitrogen and oxygen atoms in total. The fourth-order valence-corrected chi connectivity index (χ4v) is 4.84. The summed E-state index contributed by atoms with van der Waals surface area (Å²) in [6.45, 7) is 14.4. The molecule has 5 heteroatoms. The van der Waals surface area contributed by atoms with E-state index in [1.54, 1.807) is 12.2 Å². The normalized spacial score (nSPS) is 23.3. The summed E-state index contributed by atoms with van der Waals surface area (Å²) >= 11 is 0. The summed E-state index contributed by atoms with van der Waals surface area (Å²) in [6, 6.07) is 8.27. The fraction of sp³-hybridized carbons (Fsp3) is 0.448. The third-order valence-corrected chi connectivity index (χ3v) is 7.14. The summed E-state index contributed by atoms with van der Waals surface area (Å²) in [6.07, 6.45) is 9.16. The molecule has 0 amide bonds. The zero-order chi connectivity index (χ0) is 24.9. The maximum Gasteiger partial charge on any atom is 0.137 e. The second-order valence-corrected chi connectivity index (χ2v) is 11.4. The van der Waals surface area contributed by atoms with E-state index in [1.165, 1.54) is 11.3 Å². The highest BCUT2D eigenvalue weighted by Crippen LogP contribution is 2.48.